The highest BCUT2D eigenvalue weighted by molar-refractivity contribution is 8.00. The Morgan fingerprint density at radius 3 is 2.35 bits per heavy atom. The van der Waals surface area contributed by atoms with Gasteiger partial charge in [-0.3, -0.25) is 4.79 Å². The summed E-state index contributed by atoms with van der Waals surface area (Å²) in [7, 11) is 0. The van der Waals surface area contributed by atoms with E-state index in [-0.39, 0.29) is 11.2 Å². The lowest BCUT2D eigenvalue weighted by Gasteiger charge is -2.30. The number of ether oxygens (including phenoxy) is 1. The average molecular weight is 435 g/mol. The van der Waals surface area contributed by atoms with Crippen LogP contribution in [-0.4, -0.2) is 51.9 Å². The molecular weight excluding hydrogens is 408 g/mol. The van der Waals surface area contributed by atoms with Crippen LogP contribution in [0.25, 0.3) is 0 Å². The predicted molar refractivity (Wildman–Crippen MR) is 120 cm³/mol. The molecule has 160 valence electrons. The van der Waals surface area contributed by atoms with Gasteiger partial charge >= 0.3 is 0 Å². The van der Waals surface area contributed by atoms with Crippen LogP contribution in [0.4, 0.5) is 0 Å². The van der Waals surface area contributed by atoms with Crippen molar-refractivity contribution in [2.45, 2.75) is 35.7 Å². The third-order valence-corrected chi connectivity index (χ3v) is 6.97. The van der Waals surface area contributed by atoms with Gasteiger partial charge in [-0.05, 0) is 24.0 Å². The largest absolute Gasteiger partial charge is 0.378 e. The summed E-state index contributed by atoms with van der Waals surface area (Å²) >= 11 is 1.51. The van der Waals surface area contributed by atoms with Crippen molar-refractivity contribution in [2.75, 3.05) is 26.3 Å². The van der Waals surface area contributed by atoms with Crippen LogP contribution < -0.4 is 0 Å². The summed E-state index contributed by atoms with van der Waals surface area (Å²) in [6.45, 7) is 3.16. The second kappa shape index (κ2) is 9.24. The monoisotopic (exact) mass is 434 g/mol. The van der Waals surface area contributed by atoms with Crippen molar-refractivity contribution >= 4 is 17.7 Å². The summed E-state index contributed by atoms with van der Waals surface area (Å²) < 4.78 is 7.66. The molecule has 0 N–H and O–H groups in total. The van der Waals surface area contributed by atoms with Gasteiger partial charge in [-0.1, -0.05) is 72.4 Å². The predicted octanol–water partition coefficient (Wildman–Crippen LogP) is 3.90. The lowest BCUT2D eigenvalue weighted by molar-refractivity contribution is -0.134. The fourth-order valence-corrected chi connectivity index (χ4v) is 5.02. The third-order valence-electron chi connectivity index (χ3n) is 5.74. The van der Waals surface area contributed by atoms with Crippen molar-refractivity contribution in [3.8, 4) is 0 Å². The van der Waals surface area contributed by atoms with Crippen molar-refractivity contribution < 1.29 is 9.53 Å². The zero-order valence-electron chi connectivity index (χ0n) is 17.4. The summed E-state index contributed by atoms with van der Waals surface area (Å²) in [5.74, 6) is 1.63. The number of hydrogen-bond acceptors (Lipinski definition) is 5. The third kappa shape index (κ3) is 4.67. The number of amides is 1. The Labute approximate surface area is 186 Å². The first-order valence-electron chi connectivity index (χ1n) is 10.8. The topological polar surface area (TPSA) is 60.2 Å². The second-order valence-electron chi connectivity index (χ2n) is 8.03. The van der Waals surface area contributed by atoms with Crippen molar-refractivity contribution in [3.05, 3.63) is 77.6 Å². The number of nitrogens with zero attached hydrogens (tertiary/aromatic N) is 4. The van der Waals surface area contributed by atoms with Gasteiger partial charge in [0, 0.05) is 19.0 Å². The number of aromatic nitrogens is 3. The molecule has 1 atom stereocenters. The number of benzene rings is 2. The van der Waals surface area contributed by atoms with Crippen LogP contribution in [0.15, 0.2) is 65.8 Å². The van der Waals surface area contributed by atoms with Crippen LogP contribution in [0.1, 0.15) is 41.0 Å². The SMILES string of the molecule is O=C([C@@H](Sc1nnc(C2CC2)n1Cc1ccccc1)c1ccccc1)N1CCOCC1. The number of rotatable bonds is 7. The summed E-state index contributed by atoms with van der Waals surface area (Å²) in [5.41, 5.74) is 2.20. The lowest BCUT2D eigenvalue weighted by atomic mass is 10.1. The Kier molecular flexibility index (Phi) is 6.04. The van der Waals surface area contributed by atoms with Crippen molar-refractivity contribution in [2.24, 2.45) is 0 Å². The molecule has 0 spiro atoms. The van der Waals surface area contributed by atoms with Crippen molar-refractivity contribution in [3.63, 3.8) is 0 Å². The Morgan fingerprint density at radius 2 is 1.68 bits per heavy atom. The highest BCUT2D eigenvalue weighted by Gasteiger charge is 2.33. The van der Waals surface area contributed by atoms with E-state index in [1.807, 2.05) is 41.3 Å². The summed E-state index contributed by atoms with van der Waals surface area (Å²) in [6.07, 6.45) is 2.32. The molecule has 31 heavy (non-hydrogen) atoms. The van der Waals surface area contributed by atoms with E-state index >= 15 is 0 Å². The molecule has 1 amide bonds. The minimum atomic E-state index is -0.356. The summed E-state index contributed by atoms with van der Waals surface area (Å²) in [6, 6.07) is 20.4. The van der Waals surface area contributed by atoms with E-state index in [0.29, 0.717) is 32.2 Å². The molecular formula is C24H26N4O2S. The molecule has 0 bridgehead atoms. The van der Waals surface area contributed by atoms with Crippen LogP contribution in [0.2, 0.25) is 0 Å². The smallest absolute Gasteiger partial charge is 0.240 e. The first-order chi connectivity index (χ1) is 15.3. The average Bonchev–Trinajstić information content (AvgIpc) is 3.61. The molecule has 2 aromatic carbocycles. The minimum Gasteiger partial charge on any atom is -0.378 e. The van der Waals surface area contributed by atoms with E-state index in [0.717, 1.165) is 35.9 Å². The van der Waals surface area contributed by atoms with Gasteiger partial charge in [0.25, 0.3) is 0 Å². The van der Waals surface area contributed by atoms with Crippen LogP contribution in [0.5, 0.6) is 0 Å². The van der Waals surface area contributed by atoms with E-state index in [4.69, 9.17) is 4.74 Å². The van der Waals surface area contributed by atoms with Crippen LogP contribution in [-0.2, 0) is 16.1 Å². The van der Waals surface area contributed by atoms with Crippen molar-refractivity contribution in [1.29, 1.82) is 0 Å². The maximum absolute atomic E-state index is 13.5. The van der Waals surface area contributed by atoms with Crippen LogP contribution in [0.3, 0.4) is 0 Å². The molecule has 3 aromatic rings. The standard InChI is InChI=1S/C24H26N4O2S/c29-23(27-13-15-30-16-14-27)21(19-9-5-2-6-10-19)31-24-26-25-22(20-11-12-20)28(24)17-18-7-3-1-4-8-18/h1-10,20-21H,11-17H2/t21-/m0/s1. The Hall–Kier alpha value is -2.64. The fraction of sp³-hybridized carbons (Fsp3) is 0.375. The van der Waals surface area contributed by atoms with Gasteiger partial charge in [-0.25, -0.2) is 0 Å². The summed E-state index contributed by atoms with van der Waals surface area (Å²) in [5, 5.41) is 9.54. The van der Waals surface area contributed by atoms with Gasteiger partial charge in [0.05, 0.1) is 19.8 Å². The lowest BCUT2D eigenvalue weighted by Crippen LogP contribution is -2.42. The molecule has 1 aliphatic carbocycles. The van der Waals surface area contributed by atoms with E-state index in [9.17, 15) is 4.79 Å². The first kappa shape index (κ1) is 20.3. The molecule has 7 heteroatoms. The van der Waals surface area contributed by atoms with E-state index in [2.05, 4.69) is 39.0 Å². The number of thioether (sulfide) groups is 1. The zero-order chi connectivity index (χ0) is 21.0. The molecule has 0 unspecified atom stereocenters. The maximum atomic E-state index is 13.5. The number of morpholine rings is 1. The van der Waals surface area contributed by atoms with E-state index < -0.39 is 0 Å². The molecule has 2 heterocycles. The number of hydrogen-bond donors (Lipinski definition) is 0. The molecule has 6 nitrogen and oxygen atoms in total. The molecule has 1 saturated heterocycles. The fourth-order valence-electron chi connectivity index (χ4n) is 3.89. The first-order valence-corrected chi connectivity index (χ1v) is 11.7. The Balaban J connectivity index is 1.46. The highest BCUT2D eigenvalue weighted by Crippen LogP contribution is 2.42. The van der Waals surface area contributed by atoms with Gasteiger partial charge in [0.15, 0.2) is 5.16 Å². The summed E-state index contributed by atoms with van der Waals surface area (Å²) in [4.78, 5) is 15.4. The molecule has 5 rings (SSSR count). The van der Waals surface area contributed by atoms with Gasteiger partial charge in [-0.2, -0.15) is 0 Å². The van der Waals surface area contributed by atoms with Gasteiger partial charge in [-0.15, -0.1) is 10.2 Å². The molecule has 1 aliphatic heterocycles. The Morgan fingerprint density at radius 1 is 1.00 bits per heavy atom. The minimum absolute atomic E-state index is 0.113. The van der Waals surface area contributed by atoms with E-state index in [1.54, 1.807) is 0 Å². The van der Waals surface area contributed by atoms with Crippen LogP contribution >= 0.6 is 11.8 Å². The van der Waals surface area contributed by atoms with Gasteiger partial charge in [0.2, 0.25) is 5.91 Å². The molecule has 2 aliphatic rings. The van der Waals surface area contributed by atoms with Crippen LogP contribution in [0, 0.1) is 0 Å². The molecule has 0 radical (unpaired) electrons. The normalized spacial score (nSPS) is 17.5. The number of carbonyl (C=O) groups is 1. The highest BCUT2D eigenvalue weighted by atomic mass is 32.2. The molecule has 2 fully saturated rings. The molecule has 1 saturated carbocycles. The van der Waals surface area contributed by atoms with Crippen molar-refractivity contribution in [1.82, 2.24) is 19.7 Å². The van der Waals surface area contributed by atoms with E-state index in [1.165, 1.54) is 17.3 Å². The zero-order valence-corrected chi connectivity index (χ0v) is 18.2. The number of carbonyl (C=O) groups excluding carboxylic acids is 1. The maximum Gasteiger partial charge on any atom is 0.240 e. The Bertz CT molecular complexity index is 1010. The molecule has 1 aromatic heterocycles. The second-order valence-corrected chi connectivity index (χ2v) is 9.11. The van der Waals surface area contributed by atoms with Gasteiger partial charge in [0.1, 0.15) is 11.1 Å². The van der Waals surface area contributed by atoms with Gasteiger partial charge < -0.3 is 14.2 Å². The quantitative estimate of drug-likeness (QED) is 0.528.